The first-order chi connectivity index (χ1) is 8.49. The van der Waals surface area contributed by atoms with Gasteiger partial charge in [-0.05, 0) is 33.6 Å². The summed E-state index contributed by atoms with van der Waals surface area (Å²) in [6.45, 7) is 7.37. The van der Waals surface area contributed by atoms with Crippen LogP contribution in [0.15, 0.2) is 5.16 Å². The monoisotopic (exact) mass is 257 g/mol. The maximum absolute atomic E-state index is 12.7. The molecule has 1 aliphatic rings. The van der Waals surface area contributed by atoms with E-state index in [1.165, 1.54) is 0 Å². The van der Waals surface area contributed by atoms with E-state index in [1.807, 2.05) is 20.8 Å². The lowest BCUT2D eigenvalue weighted by Crippen LogP contribution is -2.55. The zero-order chi connectivity index (χ0) is 13.8. The Hall–Kier alpha value is -1.30. The van der Waals surface area contributed by atoms with E-state index in [0.717, 1.165) is 0 Å². The van der Waals surface area contributed by atoms with E-state index in [2.05, 4.69) is 5.16 Å². The molecule has 3 N–H and O–H groups in total. The predicted molar refractivity (Wildman–Crippen MR) is 68.4 cm³/mol. The van der Waals surface area contributed by atoms with Gasteiger partial charge in [0.1, 0.15) is 5.41 Å². The van der Waals surface area contributed by atoms with Gasteiger partial charge in [0.05, 0.1) is 0 Å². The van der Waals surface area contributed by atoms with Gasteiger partial charge in [-0.25, -0.2) is 0 Å². The van der Waals surface area contributed by atoms with Crippen molar-refractivity contribution in [2.45, 2.75) is 39.7 Å². The molecule has 0 saturated carbocycles. The molecule has 0 unspecified atom stereocenters. The second kappa shape index (κ2) is 6.04. The molecule has 1 aliphatic heterocycles. The first-order valence-corrected chi connectivity index (χ1v) is 6.36. The number of hydrogen-bond acceptors (Lipinski definition) is 4. The van der Waals surface area contributed by atoms with Crippen LogP contribution in [0.4, 0.5) is 0 Å². The summed E-state index contributed by atoms with van der Waals surface area (Å²) >= 11 is 0. The standard InChI is InChI=1S/C12H23N3O3/c1-4-15(9(2)3)11(16)12(10(13)14-17)5-7-18-8-6-12/h9,17H,4-8H2,1-3H3,(H2,13,14). The Kier molecular flexibility index (Phi) is 4.95. The molecule has 0 radical (unpaired) electrons. The molecule has 1 rings (SSSR count). The molecule has 6 heteroatoms. The summed E-state index contributed by atoms with van der Waals surface area (Å²) in [6.07, 6.45) is 0.926. The summed E-state index contributed by atoms with van der Waals surface area (Å²) in [5.41, 5.74) is 4.86. The number of amidine groups is 1. The number of nitrogens with zero attached hydrogens (tertiary/aromatic N) is 2. The SMILES string of the molecule is CCN(C(=O)C1(C(N)=NO)CCOCC1)C(C)C. The van der Waals surface area contributed by atoms with E-state index in [0.29, 0.717) is 32.6 Å². The normalized spacial score (nSPS) is 19.9. The molecule has 0 spiro atoms. The highest BCUT2D eigenvalue weighted by atomic mass is 16.5. The lowest BCUT2D eigenvalue weighted by molar-refractivity contribution is -0.144. The number of oxime groups is 1. The van der Waals surface area contributed by atoms with Crippen molar-refractivity contribution in [2.24, 2.45) is 16.3 Å². The smallest absolute Gasteiger partial charge is 0.236 e. The number of rotatable bonds is 4. The van der Waals surface area contributed by atoms with Gasteiger partial charge >= 0.3 is 0 Å². The van der Waals surface area contributed by atoms with Crippen molar-refractivity contribution in [2.75, 3.05) is 19.8 Å². The molecule has 104 valence electrons. The molecule has 1 saturated heterocycles. The Morgan fingerprint density at radius 1 is 1.50 bits per heavy atom. The van der Waals surface area contributed by atoms with E-state index in [4.69, 9.17) is 15.7 Å². The van der Waals surface area contributed by atoms with Crippen LogP contribution >= 0.6 is 0 Å². The van der Waals surface area contributed by atoms with Crippen LogP contribution in [0.3, 0.4) is 0 Å². The van der Waals surface area contributed by atoms with Crippen LogP contribution in [0.5, 0.6) is 0 Å². The Balaban J connectivity index is 3.06. The van der Waals surface area contributed by atoms with Crippen molar-refractivity contribution in [3.63, 3.8) is 0 Å². The first kappa shape index (κ1) is 14.8. The third kappa shape index (κ3) is 2.58. The van der Waals surface area contributed by atoms with E-state index < -0.39 is 5.41 Å². The van der Waals surface area contributed by atoms with Gasteiger partial charge in [0.15, 0.2) is 5.84 Å². The summed E-state index contributed by atoms with van der Waals surface area (Å²) in [5.74, 6) is -0.0755. The van der Waals surface area contributed by atoms with Crippen molar-refractivity contribution >= 4 is 11.7 Å². The highest BCUT2D eigenvalue weighted by Crippen LogP contribution is 2.33. The summed E-state index contributed by atoms with van der Waals surface area (Å²) in [5, 5.41) is 12.0. The molecule has 6 nitrogen and oxygen atoms in total. The number of hydrogen-bond donors (Lipinski definition) is 2. The number of carbonyl (C=O) groups is 1. The number of amides is 1. The quantitative estimate of drug-likeness (QED) is 0.337. The lowest BCUT2D eigenvalue weighted by atomic mass is 9.77. The topological polar surface area (TPSA) is 88.2 Å². The van der Waals surface area contributed by atoms with Gasteiger partial charge in [-0.2, -0.15) is 0 Å². The van der Waals surface area contributed by atoms with Crippen molar-refractivity contribution in [3.8, 4) is 0 Å². The average Bonchev–Trinajstić information content (AvgIpc) is 2.38. The molecule has 1 amide bonds. The summed E-state index contributed by atoms with van der Waals surface area (Å²) in [7, 11) is 0. The zero-order valence-corrected chi connectivity index (χ0v) is 11.3. The van der Waals surface area contributed by atoms with Crippen LogP contribution < -0.4 is 5.73 Å². The molecule has 0 aromatic rings. The minimum atomic E-state index is -0.909. The van der Waals surface area contributed by atoms with Crippen LogP contribution in [0.25, 0.3) is 0 Å². The maximum atomic E-state index is 12.7. The molecule has 0 bridgehead atoms. The summed E-state index contributed by atoms with van der Waals surface area (Å²) < 4.78 is 5.28. The fraction of sp³-hybridized carbons (Fsp3) is 0.833. The second-order valence-electron chi connectivity index (χ2n) is 4.86. The molecule has 0 aromatic heterocycles. The minimum Gasteiger partial charge on any atom is -0.409 e. The fourth-order valence-electron chi connectivity index (χ4n) is 2.41. The van der Waals surface area contributed by atoms with Crippen LogP contribution in [-0.4, -0.2) is 47.7 Å². The Bertz CT molecular complexity index is 323. The first-order valence-electron chi connectivity index (χ1n) is 6.36. The van der Waals surface area contributed by atoms with Gasteiger partial charge in [0, 0.05) is 25.8 Å². The van der Waals surface area contributed by atoms with Crippen molar-refractivity contribution in [3.05, 3.63) is 0 Å². The van der Waals surface area contributed by atoms with Crippen molar-refractivity contribution < 1.29 is 14.7 Å². The molecule has 1 heterocycles. The molecule has 0 atom stereocenters. The minimum absolute atomic E-state index is 0.00472. The highest BCUT2D eigenvalue weighted by Gasteiger charge is 2.46. The summed E-state index contributed by atoms with van der Waals surface area (Å²) in [4.78, 5) is 14.4. The molecular weight excluding hydrogens is 234 g/mol. The number of ether oxygens (including phenoxy) is 1. The Morgan fingerprint density at radius 2 is 2.06 bits per heavy atom. The van der Waals surface area contributed by atoms with Crippen LogP contribution in [0.2, 0.25) is 0 Å². The number of nitrogens with two attached hydrogens (primary N) is 1. The zero-order valence-electron chi connectivity index (χ0n) is 11.3. The van der Waals surface area contributed by atoms with E-state index in [-0.39, 0.29) is 17.8 Å². The van der Waals surface area contributed by atoms with Crippen molar-refractivity contribution in [1.29, 1.82) is 0 Å². The summed E-state index contributed by atoms with van der Waals surface area (Å²) in [6, 6.07) is 0.0914. The van der Waals surface area contributed by atoms with E-state index in [9.17, 15) is 4.79 Å². The maximum Gasteiger partial charge on any atom is 0.236 e. The molecule has 18 heavy (non-hydrogen) atoms. The third-order valence-electron chi connectivity index (χ3n) is 3.58. The highest BCUT2D eigenvalue weighted by molar-refractivity contribution is 6.06. The van der Waals surface area contributed by atoms with Gasteiger partial charge < -0.3 is 20.6 Å². The number of carbonyl (C=O) groups excluding carboxylic acids is 1. The van der Waals surface area contributed by atoms with Gasteiger partial charge in [0.25, 0.3) is 0 Å². The molecule has 0 aromatic carbocycles. The Morgan fingerprint density at radius 3 is 2.44 bits per heavy atom. The molecule has 0 aliphatic carbocycles. The van der Waals surface area contributed by atoms with Gasteiger partial charge in [-0.3, -0.25) is 4.79 Å². The largest absolute Gasteiger partial charge is 0.409 e. The molecule has 1 fully saturated rings. The van der Waals surface area contributed by atoms with Gasteiger partial charge in [0.2, 0.25) is 5.91 Å². The average molecular weight is 257 g/mol. The van der Waals surface area contributed by atoms with E-state index >= 15 is 0 Å². The van der Waals surface area contributed by atoms with Crippen LogP contribution in [0.1, 0.15) is 33.6 Å². The van der Waals surface area contributed by atoms with Crippen LogP contribution in [0, 0.1) is 5.41 Å². The fourth-order valence-corrected chi connectivity index (χ4v) is 2.41. The third-order valence-corrected chi connectivity index (χ3v) is 3.58. The van der Waals surface area contributed by atoms with Gasteiger partial charge in [-0.15, -0.1) is 0 Å². The predicted octanol–water partition coefficient (Wildman–Crippen LogP) is 0.786. The molecular formula is C12H23N3O3. The van der Waals surface area contributed by atoms with Gasteiger partial charge in [-0.1, -0.05) is 5.16 Å². The van der Waals surface area contributed by atoms with E-state index in [1.54, 1.807) is 4.90 Å². The Labute approximate surface area is 108 Å². The van der Waals surface area contributed by atoms with Crippen molar-refractivity contribution in [1.82, 2.24) is 4.90 Å². The lowest BCUT2D eigenvalue weighted by Gasteiger charge is -2.39. The second-order valence-corrected chi connectivity index (χ2v) is 4.86. The van der Waals surface area contributed by atoms with Crippen LogP contribution in [-0.2, 0) is 9.53 Å².